The van der Waals surface area contributed by atoms with E-state index < -0.39 is 0 Å². The molecule has 0 saturated carbocycles. The third kappa shape index (κ3) is 3.85. The molecule has 3 nitrogen and oxygen atoms in total. The quantitative estimate of drug-likeness (QED) is 0.563. The highest BCUT2D eigenvalue weighted by atomic mass is 16.5. The zero-order valence-corrected chi connectivity index (χ0v) is 9.72. The molecule has 16 heavy (non-hydrogen) atoms. The molecule has 0 bridgehead atoms. The molecule has 0 aromatic heterocycles. The van der Waals surface area contributed by atoms with Gasteiger partial charge in [-0.3, -0.25) is 4.99 Å². The van der Waals surface area contributed by atoms with E-state index in [4.69, 9.17) is 4.74 Å². The highest BCUT2D eigenvalue weighted by Gasteiger charge is 2.14. The van der Waals surface area contributed by atoms with Crippen LogP contribution in [0, 0.1) is 0 Å². The van der Waals surface area contributed by atoms with Crippen LogP contribution < -0.4 is 0 Å². The van der Waals surface area contributed by atoms with Crippen molar-refractivity contribution in [3.05, 3.63) is 35.9 Å². The first-order valence-electron chi connectivity index (χ1n) is 5.52. The lowest BCUT2D eigenvalue weighted by Crippen LogP contribution is -2.20. The van der Waals surface area contributed by atoms with Crippen molar-refractivity contribution in [1.29, 1.82) is 0 Å². The van der Waals surface area contributed by atoms with Crippen molar-refractivity contribution in [3.63, 3.8) is 0 Å². The summed E-state index contributed by atoms with van der Waals surface area (Å²) in [7, 11) is 0. The Hall–Kier alpha value is -1.64. The number of esters is 1. The third-order valence-corrected chi connectivity index (χ3v) is 2.15. The summed E-state index contributed by atoms with van der Waals surface area (Å²) in [6.07, 6.45) is 2.37. The summed E-state index contributed by atoms with van der Waals surface area (Å²) in [5, 5.41) is 0. The molecule has 0 N–H and O–H groups in total. The van der Waals surface area contributed by atoms with Crippen LogP contribution >= 0.6 is 0 Å². The summed E-state index contributed by atoms with van der Waals surface area (Å²) in [5.41, 5.74) is 0.991. The number of aliphatic imine (C=N–C) groups is 1. The first-order chi connectivity index (χ1) is 7.77. The van der Waals surface area contributed by atoms with E-state index in [1.807, 2.05) is 37.3 Å². The largest absolute Gasteiger partial charge is 0.464 e. The number of rotatable bonds is 5. The van der Waals surface area contributed by atoms with Gasteiger partial charge in [-0.2, -0.15) is 0 Å². The van der Waals surface area contributed by atoms with E-state index in [2.05, 4.69) is 4.99 Å². The lowest BCUT2D eigenvalue weighted by molar-refractivity contribution is -0.144. The zero-order valence-electron chi connectivity index (χ0n) is 9.72. The fraction of sp³-hybridized carbons (Fsp3) is 0.385. The second-order valence-electron chi connectivity index (χ2n) is 3.36. The number of ether oxygens (including phenoxy) is 1. The van der Waals surface area contributed by atoms with E-state index in [1.165, 1.54) is 0 Å². The second kappa shape index (κ2) is 6.77. The van der Waals surface area contributed by atoms with Gasteiger partial charge in [-0.05, 0) is 18.9 Å². The van der Waals surface area contributed by atoms with Crippen LogP contribution in [0.1, 0.15) is 25.8 Å². The van der Waals surface area contributed by atoms with Crippen LogP contribution in [-0.4, -0.2) is 24.8 Å². The van der Waals surface area contributed by atoms with Gasteiger partial charge in [0.15, 0.2) is 0 Å². The maximum Gasteiger partial charge on any atom is 0.330 e. The molecule has 0 radical (unpaired) electrons. The highest BCUT2D eigenvalue weighted by Crippen LogP contribution is 2.02. The van der Waals surface area contributed by atoms with E-state index in [-0.39, 0.29) is 12.0 Å². The molecule has 0 aliphatic rings. The first kappa shape index (κ1) is 12.4. The number of carbonyl (C=O) groups is 1. The average molecular weight is 219 g/mol. The second-order valence-corrected chi connectivity index (χ2v) is 3.36. The van der Waals surface area contributed by atoms with Gasteiger partial charge < -0.3 is 4.74 Å². The Kier molecular flexibility index (Phi) is 5.26. The molecule has 0 aliphatic carbocycles. The summed E-state index contributed by atoms with van der Waals surface area (Å²) in [4.78, 5) is 15.7. The van der Waals surface area contributed by atoms with Crippen LogP contribution in [0.25, 0.3) is 0 Å². The van der Waals surface area contributed by atoms with Crippen LogP contribution in [0.4, 0.5) is 0 Å². The lowest BCUT2D eigenvalue weighted by atomic mass is 10.2. The minimum absolute atomic E-state index is 0.253. The van der Waals surface area contributed by atoms with Crippen LogP contribution in [0.15, 0.2) is 35.3 Å². The van der Waals surface area contributed by atoms with Gasteiger partial charge in [0.05, 0.1) is 6.61 Å². The maximum absolute atomic E-state index is 11.5. The molecule has 86 valence electrons. The summed E-state index contributed by atoms with van der Waals surface area (Å²) >= 11 is 0. The van der Waals surface area contributed by atoms with Crippen molar-refractivity contribution in [2.45, 2.75) is 26.3 Å². The van der Waals surface area contributed by atoms with Crippen molar-refractivity contribution in [2.75, 3.05) is 6.61 Å². The summed E-state index contributed by atoms with van der Waals surface area (Å²) in [6, 6.07) is 9.32. The SMILES string of the molecule is CCOC(=O)C(CC)N=Cc1ccccc1. The van der Waals surface area contributed by atoms with Crippen molar-refractivity contribution >= 4 is 12.2 Å². The molecule has 0 aliphatic heterocycles. The molecule has 1 unspecified atom stereocenters. The number of nitrogens with zero attached hydrogens (tertiary/aromatic N) is 1. The fourth-order valence-corrected chi connectivity index (χ4v) is 1.29. The first-order valence-corrected chi connectivity index (χ1v) is 5.52. The van der Waals surface area contributed by atoms with Gasteiger partial charge in [0.1, 0.15) is 6.04 Å². The van der Waals surface area contributed by atoms with E-state index in [0.29, 0.717) is 13.0 Å². The van der Waals surface area contributed by atoms with E-state index in [1.54, 1.807) is 13.1 Å². The number of benzene rings is 1. The topological polar surface area (TPSA) is 38.7 Å². The van der Waals surface area contributed by atoms with Gasteiger partial charge in [-0.15, -0.1) is 0 Å². The minimum atomic E-state index is -0.389. The Labute approximate surface area is 96.2 Å². The van der Waals surface area contributed by atoms with Crippen molar-refractivity contribution in [1.82, 2.24) is 0 Å². The van der Waals surface area contributed by atoms with Gasteiger partial charge in [0.25, 0.3) is 0 Å². The molecule has 0 amide bonds. The Morgan fingerprint density at radius 1 is 1.38 bits per heavy atom. The van der Waals surface area contributed by atoms with Crippen LogP contribution in [0.3, 0.4) is 0 Å². The van der Waals surface area contributed by atoms with Crippen LogP contribution in [0.2, 0.25) is 0 Å². The van der Waals surface area contributed by atoms with E-state index in [0.717, 1.165) is 5.56 Å². The minimum Gasteiger partial charge on any atom is -0.464 e. The summed E-state index contributed by atoms with van der Waals surface area (Å²) in [5.74, 6) is -0.253. The van der Waals surface area contributed by atoms with E-state index in [9.17, 15) is 4.79 Å². The average Bonchev–Trinajstić information content (AvgIpc) is 2.31. The van der Waals surface area contributed by atoms with Gasteiger partial charge >= 0.3 is 5.97 Å². The Morgan fingerprint density at radius 2 is 2.06 bits per heavy atom. The number of carbonyl (C=O) groups excluding carboxylic acids is 1. The summed E-state index contributed by atoms with van der Waals surface area (Å²) < 4.78 is 4.93. The molecule has 0 fully saturated rings. The Balaban J connectivity index is 2.63. The monoisotopic (exact) mass is 219 g/mol. The number of hydrogen-bond donors (Lipinski definition) is 0. The molecule has 1 aromatic carbocycles. The summed E-state index contributed by atoms with van der Waals surface area (Å²) in [6.45, 7) is 4.12. The molecule has 0 spiro atoms. The zero-order chi connectivity index (χ0) is 11.8. The predicted molar refractivity (Wildman–Crippen MR) is 64.7 cm³/mol. The van der Waals surface area contributed by atoms with Crippen molar-refractivity contribution < 1.29 is 9.53 Å². The number of hydrogen-bond acceptors (Lipinski definition) is 3. The maximum atomic E-state index is 11.5. The van der Waals surface area contributed by atoms with Gasteiger partial charge in [0.2, 0.25) is 0 Å². The molecular weight excluding hydrogens is 202 g/mol. The molecule has 0 heterocycles. The van der Waals surface area contributed by atoms with Gasteiger partial charge in [0, 0.05) is 6.21 Å². The molecule has 3 heteroatoms. The van der Waals surface area contributed by atoms with Gasteiger partial charge in [-0.1, -0.05) is 37.3 Å². The van der Waals surface area contributed by atoms with Gasteiger partial charge in [-0.25, -0.2) is 4.79 Å². The molecule has 1 rings (SSSR count). The van der Waals surface area contributed by atoms with Crippen molar-refractivity contribution in [2.24, 2.45) is 4.99 Å². The van der Waals surface area contributed by atoms with E-state index >= 15 is 0 Å². The molecule has 1 atom stereocenters. The van der Waals surface area contributed by atoms with Crippen LogP contribution in [0.5, 0.6) is 0 Å². The standard InChI is InChI=1S/C13H17NO2/c1-3-12(13(15)16-4-2)14-10-11-8-6-5-7-9-11/h5-10,12H,3-4H2,1-2H3. The highest BCUT2D eigenvalue weighted by molar-refractivity contribution is 5.83. The molecule has 1 aromatic rings. The fourth-order valence-electron chi connectivity index (χ4n) is 1.29. The lowest BCUT2D eigenvalue weighted by Gasteiger charge is -2.08. The molecule has 0 saturated heterocycles. The normalized spacial score (nSPS) is 12.6. The molecular formula is C13H17NO2. The van der Waals surface area contributed by atoms with Crippen LogP contribution in [-0.2, 0) is 9.53 Å². The Morgan fingerprint density at radius 3 is 2.62 bits per heavy atom. The third-order valence-electron chi connectivity index (χ3n) is 2.15. The smallest absolute Gasteiger partial charge is 0.330 e. The van der Waals surface area contributed by atoms with Crippen molar-refractivity contribution in [3.8, 4) is 0 Å². The Bertz CT molecular complexity index is 346. The predicted octanol–water partition coefficient (Wildman–Crippen LogP) is 2.45.